The fourth-order valence-electron chi connectivity index (χ4n) is 7.55. The molecule has 0 aliphatic heterocycles. The van der Waals surface area contributed by atoms with Gasteiger partial charge in [-0.05, 0) is 36.4 Å². The molecular weight excluding hydrogens is 645 g/mol. The van der Waals surface area contributed by atoms with Crippen LogP contribution in [0.25, 0.3) is 104 Å². The summed E-state index contributed by atoms with van der Waals surface area (Å²) in [6, 6.07) is 54.8. The van der Waals surface area contributed by atoms with E-state index in [1.807, 2.05) is 72.0 Å². The highest BCUT2D eigenvalue weighted by atomic mass is 32.1. The summed E-state index contributed by atoms with van der Waals surface area (Å²) in [4.78, 5) is 14.8. The number of furan rings is 1. The van der Waals surface area contributed by atoms with Crippen LogP contribution in [0.5, 0.6) is 0 Å². The molecule has 0 N–H and O–H groups in total. The predicted molar refractivity (Wildman–Crippen MR) is 211 cm³/mol. The molecule has 7 aromatic carbocycles. The molecule has 51 heavy (non-hydrogen) atoms. The topological polar surface area (TPSA) is 56.7 Å². The Labute approximate surface area is 295 Å². The predicted octanol–water partition coefficient (Wildman–Crippen LogP) is 12.2. The molecule has 0 amide bonds. The summed E-state index contributed by atoms with van der Waals surface area (Å²) >= 11 is 1.86. The van der Waals surface area contributed by atoms with E-state index in [4.69, 9.17) is 19.4 Å². The summed E-state index contributed by atoms with van der Waals surface area (Å²) in [5.41, 5.74) is 7.84. The van der Waals surface area contributed by atoms with Crippen LogP contribution in [0.15, 0.2) is 162 Å². The van der Waals surface area contributed by atoms with Gasteiger partial charge in [0.25, 0.3) is 0 Å². The maximum absolute atomic E-state index is 6.66. The molecule has 0 spiro atoms. The van der Waals surface area contributed by atoms with Crippen LogP contribution in [0.4, 0.5) is 0 Å². The third-order valence-electron chi connectivity index (χ3n) is 9.85. The summed E-state index contributed by atoms with van der Waals surface area (Å²) < 4.78 is 11.7. The number of fused-ring (bicyclic) bond motifs is 10. The molecule has 0 unspecified atom stereocenters. The van der Waals surface area contributed by atoms with Gasteiger partial charge >= 0.3 is 0 Å². The molecule has 0 radical (unpaired) electrons. The Morgan fingerprint density at radius 1 is 0.451 bits per heavy atom. The number of rotatable bonds is 4. The SMILES string of the molecule is c1ccc(-c2nc(-c3ccccc3)nc(-c3ccc4c(c3)oc3cccc(-n5c6ccccc6c6ccc7c8ccccc8sc7c65)c34)n2)cc1. The lowest BCUT2D eigenvalue weighted by Gasteiger charge is -2.10. The first-order chi connectivity index (χ1) is 25.3. The van der Waals surface area contributed by atoms with Crippen LogP contribution in [0.1, 0.15) is 0 Å². The third-order valence-corrected chi connectivity index (χ3v) is 11.0. The second kappa shape index (κ2) is 10.9. The number of hydrogen-bond donors (Lipinski definition) is 0. The van der Waals surface area contributed by atoms with Gasteiger partial charge < -0.3 is 8.98 Å². The van der Waals surface area contributed by atoms with Gasteiger partial charge in [0.05, 0.1) is 26.8 Å². The quantitative estimate of drug-likeness (QED) is 0.187. The van der Waals surface area contributed by atoms with E-state index >= 15 is 0 Å². The zero-order valence-corrected chi connectivity index (χ0v) is 27.9. The van der Waals surface area contributed by atoms with E-state index in [-0.39, 0.29) is 0 Å². The van der Waals surface area contributed by atoms with E-state index in [1.54, 1.807) is 0 Å². The summed E-state index contributed by atoms with van der Waals surface area (Å²) in [7, 11) is 0. The fourth-order valence-corrected chi connectivity index (χ4v) is 8.79. The van der Waals surface area contributed by atoms with Crippen molar-refractivity contribution in [2.75, 3.05) is 0 Å². The Hall–Kier alpha value is -6.63. The van der Waals surface area contributed by atoms with Gasteiger partial charge in [-0.15, -0.1) is 11.3 Å². The zero-order valence-electron chi connectivity index (χ0n) is 27.1. The smallest absolute Gasteiger partial charge is 0.164 e. The van der Waals surface area contributed by atoms with Crippen LogP contribution in [-0.2, 0) is 0 Å². The van der Waals surface area contributed by atoms with Crippen molar-refractivity contribution in [2.24, 2.45) is 0 Å². The summed E-state index contributed by atoms with van der Waals surface area (Å²) in [6.07, 6.45) is 0. The molecular formula is C45H26N4OS. The third kappa shape index (κ3) is 4.30. The second-order valence-corrected chi connectivity index (χ2v) is 13.8. The summed E-state index contributed by atoms with van der Waals surface area (Å²) in [5, 5.41) is 7.17. The Kier molecular flexibility index (Phi) is 6.05. The number of nitrogens with zero attached hydrogens (tertiary/aromatic N) is 4. The molecule has 4 aromatic heterocycles. The summed E-state index contributed by atoms with van der Waals surface area (Å²) in [6.45, 7) is 0. The van der Waals surface area contributed by atoms with Gasteiger partial charge in [0.15, 0.2) is 17.5 Å². The molecule has 0 saturated carbocycles. The van der Waals surface area contributed by atoms with Gasteiger partial charge in [-0.25, -0.2) is 15.0 Å². The minimum atomic E-state index is 0.597. The molecule has 0 bridgehead atoms. The van der Waals surface area contributed by atoms with Crippen LogP contribution < -0.4 is 0 Å². The molecule has 0 aliphatic carbocycles. The van der Waals surface area contributed by atoms with Gasteiger partial charge in [-0.1, -0.05) is 121 Å². The number of benzene rings is 7. The van der Waals surface area contributed by atoms with E-state index in [0.717, 1.165) is 44.3 Å². The first-order valence-corrected chi connectivity index (χ1v) is 17.8. The molecule has 0 fully saturated rings. The molecule has 0 atom stereocenters. The van der Waals surface area contributed by atoms with Gasteiger partial charge in [0.1, 0.15) is 11.2 Å². The zero-order chi connectivity index (χ0) is 33.5. The van der Waals surface area contributed by atoms with Crippen molar-refractivity contribution in [3.05, 3.63) is 158 Å². The largest absolute Gasteiger partial charge is 0.456 e. The standard InChI is InChI=1S/C45H26N4OS/c1-3-12-27(13-4-1)43-46-44(28-14-5-2-6-15-28)48-45(47-43)29-22-23-34-38(26-29)50-37-20-11-19-36(40(34)37)49-35-18-9-7-16-30(35)32-24-25-33-31-17-8-10-21-39(31)51-42(33)41(32)49/h1-26H. The first kappa shape index (κ1) is 28.2. The van der Waals surface area contributed by atoms with Gasteiger partial charge in [-0.3, -0.25) is 0 Å². The maximum atomic E-state index is 6.66. The highest BCUT2D eigenvalue weighted by molar-refractivity contribution is 7.26. The number of hydrogen-bond acceptors (Lipinski definition) is 5. The van der Waals surface area contributed by atoms with Crippen LogP contribution >= 0.6 is 11.3 Å². The molecule has 5 nitrogen and oxygen atoms in total. The van der Waals surface area contributed by atoms with Crippen LogP contribution in [-0.4, -0.2) is 19.5 Å². The lowest BCUT2D eigenvalue weighted by atomic mass is 10.1. The highest BCUT2D eigenvalue weighted by Gasteiger charge is 2.21. The molecule has 4 heterocycles. The van der Waals surface area contributed by atoms with Crippen molar-refractivity contribution in [1.29, 1.82) is 0 Å². The minimum Gasteiger partial charge on any atom is -0.456 e. The first-order valence-electron chi connectivity index (χ1n) is 16.9. The van der Waals surface area contributed by atoms with E-state index in [2.05, 4.69) is 102 Å². The average Bonchev–Trinajstić information content (AvgIpc) is 3.88. The van der Waals surface area contributed by atoms with Crippen LogP contribution in [0.3, 0.4) is 0 Å². The molecule has 238 valence electrons. The molecule has 11 aromatic rings. The van der Waals surface area contributed by atoms with Crippen molar-refractivity contribution >= 4 is 75.3 Å². The van der Waals surface area contributed by atoms with Crippen molar-refractivity contribution in [1.82, 2.24) is 19.5 Å². The van der Waals surface area contributed by atoms with E-state index in [0.29, 0.717) is 17.5 Å². The van der Waals surface area contributed by atoms with Crippen molar-refractivity contribution in [3.8, 4) is 39.9 Å². The Bertz CT molecular complexity index is 3080. The normalized spacial score (nSPS) is 11.9. The lowest BCUT2D eigenvalue weighted by Crippen LogP contribution is -2.00. The average molecular weight is 671 g/mol. The monoisotopic (exact) mass is 670 g/mol. The van der Waals surface area contributed by atoms with E-state index < -0.39 is 0 Å². The Morgan fingerprint density at radius 2 is 1.08 bits per heavy atom. The van der Waals surface area contributed by atoms with Crippen LogP contribution in [0, 0.1) is 0 Å². The second-order valence-electron chi connectivity index (χ2n) is 12.8. The van der Waals surface area contributed by atoms with Crippen LogP contribution in [0.2, 0.25) is 0 Å². The highest BCUT2D eigenvalue weighted by Crippen LogP contribution is 2.45. The number of thiophene rings is 1. The molecule has 11 rings (SSSR count). The molecule has 0 aliphatic rings. The van der Waals surface area contributed by atoms with Crippen molar-refractivity contribution < 1.29 is 4.42 Å². The Morgan fingerprint density at radius 3 is 1.84 bits per heavy atom. The fraction of sp³-hybridized carbons (Fsp3) is 0. The lowest BCUT2D eigenvalue weighted by molar-refractivity contribution is 0.669. The summed E-state index contributed by atoms with van der Waals surface area (Å²) in [5.74, 6) is 1.86. The van der Waals surface area contributed by atoms with Gasteiger partial charge in [-0.2, -0.15) is 0 Å². The van der Waals surface area contributed by atoms with E-state index in [1.165, 1.54) is 42.0 Å². The van der Waals surface area contributed by atoms with Crippen molar-refractivity contribution in [2.45, 2.75) is 0 Å². The number of aromatic nitrogens is 4. The molecule has 0 saturated heterocycles. The van der Waals surface area contributed by atoms with Gasteiger partial charge in [0, 0.05) is 48.3 Å². The maximum Gasteiger partial charge on any atom is 0.164 e. The Balaban J connectivity index is 1.15. The minimum absolute atomic E-state index is 0.597. The number of para-hydroxylation sites is 1. The van der Waals surface area contributed by atoms with Gasteiger partial charge in [0.2, 0.25) is 0 Å². The van der Waals surface area contributed by atoms with Crippen molar-refractivity contribution in [3.63, 3.8) is 0 Å². The molecule has 6 heteroatoms. The van der Waals surface area contributed by atoms with E-state index in [9.17, 15) is 0 Å².